The van der Waals surface area contributed by atoms with Gasteiger partial charge in [-0.3, -0.25) is 0 Å². The lowest BCUT2D eigenvalue weighted by Crippen LogP contribution is -2.35. The van der Waals surface area contributed by atoms with E-state index in [4.69, 9.17) is 5.11 Å². The number of aliphatic hydroxyl groups is 1. The van der Waals surface area contributed by atoms with Crippen LogP contribution in [0.3, 0.4) is 0 Å². The quantitative estimate of drug-likeness (QED) is 0.630. The van der Waals surface area contributed by atoms with E-state index in [-0.39, 0.29) is 6.61 Å². The van der Waals surface area contributed by atoms with Gasteiger partial charge in [0, 0.05) is 12.6 Å². The standard InChI is InChI=1S/C9H17NO/c11-4-3-10-9-6-7-1-2-8(9)5-7/h7-11H,1-6H2/t7-,8-,9+/m0/s1. The van der Waals surface area contributed by atoms with Crippen LogP contribution in [0, 0.1) is 11.8 Å². The Kier molecular flexibility index (Phi) is 2.14. The summed E-state index contributed by atoms with van der Waals surface area (Å²) in [5.41, 5.74) is 0. The first-order valence-corrected chi connectivity index (χ1v) is 4.74. The van der Waals surface area contributed by atoms with Gasteiger partial charge in [0.1, 0.15) is 0 Å². The summed E-state index contributed by atoms with van der Waals surface area (Å²) in [7, 11) is 0. The Morgan fingerprint density at radius 2 is 2.18 bits per heavy atom. The summed E-state index contributed by atoms with van der Waals surface area (Å²) in [5, 5.41) is 12.0. The molecule has 0 saturated heterocycles. The van der Waals surface area contributed by atoms with Crippen LogP contribution in [-0.4, -0.2) is 24.3 Å². The van der Waals surface area contributed by atoms with Crippen LogP contribution < -0.4 is 5.32 Å². The van der Waals surface area contributed by atoms with Crippen LogP contribution in [0.15, 0.2) is 0 Å². The van der Waals surface area contributed by atoms with E-state index in [1.54, 1.807) is 0 Å². The fourth-order valence-corrected chi connectivity index (χ4v) is 2.74. The minimum Gasteiger partial charge on any atom is -0.395 e. The van der Waals surface area contributed by atoms with Crippen molar-refractivity contribution in [1.82, 2.24) is 5.32 Å². The number of fused-ring (bicyclic) bond motifs is 2. The number of nitrogens with one attached hydrogen (secondary N) is 1. The third-order valence-electron chi connectivity index (χ3n) is 3.26. The molecule has 2 heteroatoms. The van der Waals surface area contributed by atoms with Gasteiger partial charge in [0.2, 0.25) is 0 Å². The summed E-state index contributed by atoms with van der Waals surface area (Å²) < 4.78 is 0. The predicted molar refractivity (Wildman–Crippen MR) is 44.3 cm³/mol. The fraction of sp³-hybridized carbons (Fsp3) is 1.00. The van der Waals surface area contributed by atoms with Gasteiger partial charge in [-0.25, -0.2) is 0 Å². The lowest BCUT2D eigenvalue weighted by Gasteiger charge is -2.22. The van der Waals surface area contributed by atoms with E-state index in [1.807, 2.05) is 0 Å². The smallest absolute Gasteiger partial charge is 0.0556 e. The first-order valence-electron chi connectivity index (χ1n) is 4.74. The fourth-order valence-electron chi connectivity index (χ4n) is 2.74. The molecule has 2 bridgehead atoms. The van der Waals surface area contributed by atoms with Crippen molar-refractivity contribution >= 4 is 0 Å². The molecule has 0 spiro atoms. The molecule has 2 N–H and O–H groups in total. The molecule has 0 aliphatic heterocycles. The SMILES string of the molecule is OCCN[C@@H]1C[C@H]2CC[C@H]1C2. The van der Waals surface area contributed by atoms with E-state index in [1.165, 1.54) is 25.7 Å². The highest BCUT2D eigenvalue weighted by Crippen LogP contribution is 2.44. The lowest BCUT2D eigenvalue weighted by molar-refractivity contribution is 0.266. The zero-order chi connectivity index (χ0) is 7.68. The molecule has 2 aliphatic rings. The van der Waals surface area contributed by atoms with Crippen LogP contribution in [0.25, 0.3) is 0 Å². The van der Waals surface area contributed by atoms with Gasteiger partial charge in [0.15, 0.2) is 0 Å². The minimum absolute atomic E-state index is 0.286. The number of aliphatic hydroxyl groups excluding tert-OH is 1. The summed E-state index contributed by atoms with van der Waals surface area (Å²) in [6.45, 7) is 1.07. The second kappa shape index (κ2) is 3.11. The van der Waals surface area contributed by atoms with Crippen molar-refractivity contribution in [2.75, 3.05) is 13.2 Å². The van der Waals surface area contributed by atoms with Gasteiger partial charge < -0.3 is 10.4 Å². The molecular weight excluding hydrogens is 138 g/mol. The van der Waals surface area contributed by atoms with E-state index in [0.29, 0.717) is 0 Å². The Morgan fingerprint density at radius 1 is 1.27 bits per heavy atom. The zero-order valence-electron chi connectivity index (χ0n) is 6.92. The Bertz CT molecular complexity index is 138. The van der Waals surface area contributed by atoms with E-state index in [2.05, 4.69) is 5.32 Å². The molecule has 11 heavy (non-hydrogen) atoms. The molecule has 0 aromatic carbocycles. The van der Waals surface area contributed by atoms with E-state index in [0.717, 1.165) is 24.4 Å². The normalized spacial score (nSPS) is 41.7. The van der Waals surface area contributed by atoms with Gasteiger partial charge in [0.05, 0.1) is 6.61 Å². The predicted octanol–water partition coefficient (Wildman–Crippen LogP) is 0.757. The van der Waals surface area contributed by atoms with Gasteiger partial charge in [0.25, 0.3) is 0 Å². The molecule has 0 heterocycles. The summed E-state index contributed by atoms with van der Waals surface area (Å²) >= 11 is 0. The van der Waals surface area contributed by atoms with E-state index in [9.17, 15) is 0 Å². The van der Waals surface area contributed by atoms with Crippen molar-refractivity contribution < 1.29 is 5.11 Å². The highest BCUT2D eigenvalue weighted by molar-refractivity contribution is 4.93. The van der Waals surface area contributed by atoms with Gasteiger partial charge >= 0.3 is 0 Å². The van der Waals surface area contributed by atoms with Crippen LogP contribution in [-0.2, 0) is 0 Å². The largest absolute Gasteiger partial charge is 0.395 e. The number of hydrogen-bond acceptors (Lipinski definition) is 2. The Labute approximate surface area is 68.0 Å². The number of hydrogen-bond donors (Lipinski definition) is 2. The molecular formula is C9H17NO. The van der Waals surface area contributed by atoms with Crippen LogP contribution in [0.1, 0.15) is 25.7 Å². The maximum Gasteiger partial charge on any atom is 0.0556 e. The van der Waals surface area contributed by atoms with Crippen molar-refractivity contribution in [3.05, 3.63) is 0 Å². The Hall–Kier alpha value is -0.0800. The molecule has 0 aromatic rings. The van der Waals surface area contributed by atoms with Crippen molar-refractivity contribution in [3.8, 4) is 0 Å². The Balaban J connectivity index is 1.78. The highest BCUT2D eigenvalue weighted by atomic mass is 16.3. The van der Waals surface area contributed by atoms with Crippen LogP contribution >= 0.6 is 0 Å². The monoisotopic (exact) mass is 155 g/mol. The van der Waals surface area contributed by atoms with Crippen molar-refractivity contribution in [2.24, 2.45) is 11.8 Å². The van der Waals surface area contributed by atoms with Crippen molar-refractivity contribution in [1.29, 1.82) is 0 Å². The second-order valence-electron chi connectivity index (χ2n) is 3.96. The Morgan fingerprint density at radius 3 is 2.73 bits per heavy atom. The molecule has 64 valence electrons. The highest BCUT2D eigenvalue weighted by Gasteiger charge is 2.38. The van der Waals surface area contributed by atoms with Crippen LogP contribution in [0.2, 0.25) is 0 Å². The molecule has 3 atom stereocenters. The first kappa shape index (κ1) is 7.56. The molecule has 0 aromatic heterocycles. The average molecular weight is 155 g/mol. The van der Waals surface area contributed by atoms with Gasteiger partial charge in [-0.1, -0.05) is 6.42 Å². The summed E-state index contributed by atoms with van der Waals surface area (Å²) in [6, 6.07) is 0.737. The first-order chi connectivity index (χ1) is 5.40. The topological polar surface area (TPSA) is 32.3 Å². The summed E-state index contributed by atoms with van der Waals surface area (Å²) in [4.78, 5) is 0. The summed E-state index contributed by atoms with van der Waals surface area (Å²) in [5.74, 6) is 1.95. The lowest BCUT2D eigenvalue weighted by atomic mass is 9.95. The van der Waals surface area contributed by atoms with Gasteiger partial charge in [-0.2, -0.15) is 0 Å². The van der Waals surface area contributed by atoms with Gasteiger partial charge in [-0.15, -0.1) is 0 Å². The third-order valence-corrected chi connectivity index (χ3v) is 3.26. The molecule has 2 nitrogen and oxygen atoms in total. The second-order valence-corrected chi connectivity index (χ2v) is 3.96. The molecule has 2 saturated carbocycles. The van der Waals surface area contributed by atoms with E-state index < -0.39 is 0 Å². The maximum absolute atomic E-state index is 8.63. The third kappa shape index (κ3) is 1.42. The van der Waals surface area contributed by atoms with Crippen LogP contribution in [0.5, 0.6) is 0 Å². The maximum atomic E-state index is 8.63. The minimum atomic E-state index is 0.286. The molecule has 2 fully saturated rings. The molecule has 0 unspecified atom stereocenters. The number of rotatable bonds is 3. The van der Waals surface area contributed by atoms with Crippen molar-refractivity contribution in [3.63, 3.8) is 0 Å². The molecule has 0 radical (unpaired) electrons. The van der Waals surface area contributed by atoms with Crippen molar-refractivity contribution in [2.45, 2.75) is 31.7 Å². The average Bonchev–Trinajstić information content (AvgIpc) is 2.60. The summed E-state index contributed by atoms with van der Waals surface area (Å²) in [6.07, 6.45) is 5.70. The molecule has 2 aliphatic carbocycles. The molecule has 2 rings (SSSR count). The van der Waals surface area contributed by atoms with E-state index >= 15 is 0 Å². The van der Waals surface area contributed by atoms with Crippen LogP contribution in [0.4, 0.5) is 0 Å². The molecule has 0 amide bonds. The zero-order valence-corrected chi connectivity index (χ0v) is 6.92. The van der Waals surface area contributed by atoms with Gasteiger partial charge in [-0.05, 0) is 31.1 Å².